The Hall–Kier alpha value is -2.11. The lowest BCUT2D eigenvalue weighted by Crippen LogP contribution is -2.39. The molecule has 2 amide bonds. The Bertz CT molecular complexity index is 389. The van der Waals surface area contributed by atoms with E-state index in [-0.39, 0.29) is 11.6 Å². The van der Waals surface area contributed by atoms with E-state index < -0.39 is 5.97 Å². The molecule has 0 aromatic carbocycles. The van der Waals surface area contributed by atoms with Crippen LogP contribution in [-0.4, -0.2) is 40.1 Å². The molecule has 1 saturated heterocycles. The first-order valence-corrected chi connectivity index (χ1v) is 5.79. The monoisotopic (exact) mass is 251 g/mol. The molecule has 1 aliphatic rings. The zero-order valence-electron chi connectivity index (χ0n) is 10.1. The van der Waals surface area contributed by atoms with Crippen LogP contribution in [0.2, 0.25) is 0 Å². The number of piperidine rings is 1. The first-order valence-electron chi connectivity index (χ1n) is 5.79. The lowest BCUT2D eigenvalue weighted by molar-refractivity contribution is 0.0696. The summed E-state index contributed by atoms with van der Waals surface area (Å²) in [6.07, 6.45) is 6.31. The Morgan fingerprint density at radius 1 is 1.28 bits per heavy atom. The molecule has 3 N–H and O–H groups in total. The molecule has 0 radical (unpaired) electrons. The lowest BCUT2D eigenvalue weighted by Gasteiger charge is -2.24. The standard InChI is InChI=1S/C6H12N2O.C6H5NO2/c7-6(9)8-4-2-1-3-5-8;8-6(9)5-2-1-3-7-4-5/h1-5H2,(H2,7,9);1-4H,(H,8,9). The summed E-state index contributed by atoms with van der Waals surface area (Å²) in [5, 5.41) is 8.34. The Balaban J connectivity index is 0.000000180. The van der Waals surface area contributed by atoms with E-state index in [1.165, 1.54) is 24.9 Å². The number of primary amides is 1. The molecule has 0 saturated carbocycles. The first-order chi connectivity index (χ1) is 8.61. The molecule has 0 bridgehead atoms. The molecule has 2 rings (SSSR count). The van der Waals surface area contributed by atoms with Crippen LogP contribution in [0.4, 0.5) is 4.79 Å². The number of likely N-dealkylation sites (tertiary alicyclic amines) is 1. The summed E-state index contributed by atoms with van der Waals surface area (Å²) in [5.74, 6) is -0.942. The van der Waals surface area contributed by atoms with Crippen LogP contribution in [0.5, 0.6) is 0 Å². The maximum absolute atomic E-state index is 10.5. The fourth-order valence-corrected chi connectivity index (χ4v) is 1.60. The number of nitrogens with zero attached hydrogens (tertiary/aromatic N) is 2. The van der Waals surface area contributed by atoms with E-state index in [0.717, 1.165) is 25.9 Å². The van der Waals surface area contributed by atoms with Crippen molar-refractivity contribution in [2.24, 2.45) is 5.73 Å². The number of hydrogen-bond acceptors (Lipinski definition) is 3. The molecule has 2 heterocycles. The number of carbonyl (C=O) groups is 2. The maximum atomic E-state index is 10.5. The van der Waals surface area contributed by atoms with Gasteiger partial charge in [0.05, 0.1) is 5.56 Å². The number of carboxylic acid groups (broad SMARTS) is 1. The van der Waals surface area contributed by atoms with Crippen molar-refractivity contribution in [1.29, 1.82) is 0 Å². The number of hydrogen-bond donors (Lipinski definition) is 2. The number of aromatic nitrogens is 1. The van der Waals surface area contributed by atoms with Gasteiger partial charge >= 0.3 is 12.0 Å². The number of rotatable bonds is 1. The highest BCUT2D eigenvalue weighted by molar-refractivity contribution is 5.86. The van der Waals surface area contributed by atoms with Gasteiger partial charge < -0.3 is 15.7 Å². The highest BCUT2D eigenvalue weighted by atomic mass is 16.4. The highest BCUT2D eigenvalue weighted by Crippen LogP contribution is 2.07. The number of urea groups is 1. The SMILES string of the molecule is NC(=O)N1CCCCC1.O=C(O)c1cccnc1. The summed E-state index contributed by atoms with van der Waals surface area (Å²) < 4.78 is 0. The minimum absolute atomic E-state index is 0.220. The van der Waals surface area contributed by atoms with Gasteiger partial charge in [0.15, 0.2) is 0 Å². The molecule has 0 atom stereocenters. The molecule has 0 unspecified atom stereocenters. The maximum Gasteiger partial charge on any atom is 0.337 e. The Kier molecular flexibility index (Phi) is 5.63. The predicted molar refractivity (Wildman–Crippen MR) is 66.2 cm³/mol. The molecule has 0 spiro atoms. The average Bonchev–Trinajstić information content (AvgIpc) is 2.41. The van der Waals surface area contributed by atoms with Gasteiger partial charge in [-0.25, -0.2) is 9.59 Å². The third-order valence-corrected chi connectivity index (χ3v) is 2.58. The second-order valence-corrected chi connectivity index (χ2v) is 3.93. The summed E-state index contributed by atoms with van der Waals surface area (Å²) in [7, 11) is 0. The third-order valence-electron chi connectivity index (χ3n) is 2.58. The normalized spacial score (nSPS) is 14.3. The smallest absolute Gasteiger partial charge is 0.337 e. The number of amides is 2. The molecule has 6 heteroatoms. The van der Waals surface area contributed by atoms with E-state index in [1.807, 2.05) is 0 Å². The molecule has 0 aliphatic carbocycles. The molecule has 1 fully saturated rings. The van der Waals surface area contributed by atoms with Crippen molar-refractivity contribution >= 4 is 12.0 Å². The summed E-state index contributed by atoms with van der Waals surface area (Å²) in [5.41, 5.74) is 5.27. The van der Waals surface area contributed by atoms with Crippen molar-refractivity contribution in [2.45, 2.75) is 19.3 Å². The van der Waals surface area contributed by atoms with Crippen LogP contribution < -0.4 is 5.73 Å². The molecular formula is C12H17N3O3. The van der Waals surface area contributed by atoms with Gasteiger partial charge in [-0.15, -0.1) is 0 Å². The van der Waals surface area contributed by atoms with Gasteiger partial charge in [0.2, 0.25) is 0 Å². The number of nitrogens with two attached hydrogens (primary N) is 1. The van der Waals surface area contributed by atoms with Crippen molar-refractivity contribution in [3.63, 3.8) is 0 Å². The zero-order valence-corrected chi connectivity index (χ0v) is 10.1. The predicted octanol–water partition coefficient (Wildman–Crippen LogP) is 1.33. The molecule has 98 valence electrons. The van der Waals surface area contributed by atoms with Crippen molar-refractivity contribution in [2.75, 3.05) is 13.1 Å². The van der Waals surface area contributed by atoms with Crippen LogP contribution >= 0.6 is 0 Å². The fraction of sp³-hybridized carbons (Fsp3) is 0.417. The van der Waals surface area contributed by atoms with Gasteiger partial charge in [-0.1, -0.05) is 0 Å². The van der Waals surface area contributed by atoms with Gasteiger partial charge in [-0.05, 0) is 31.4 Å². The van der Waals surface area contributed by atoms with Crippen LogP contribution in [-0.2, 0) is 0 Å². The van der Waals surface area contributed by atoms with Crippen LogP contribution in [0.1, 0.15) is 29.6 Å². The molecule has 1 aromatic heterocycles. The second-order valence-electron chi connectivity index (χ2n) is 3.93. The lowest BCUT2D eigenvalue weighted by atomic mass is 10.1. The van der Waals surface area contributed by atoms with Gasteiger partial charge in [-0.2, -0.15) is 0 Å². The summed E-state index contributed by atoms with van der Waals surface area (Å²) in [4.78, 5) is 26.0. The largest absolute Gasteiger partial charge is 0.478 e. The average molecular weight is 251 g/mol. The summed E-state index contributed by atoms with van der Waals surface area (Å²) in [6, 6.07) is 2.81. The highest BCUT2D eigenvalue weighted by Gasteiger charge is 2.11. The number of pyridine rings is 1. The van der Waals surface area contributed by atoms with E-state index >= 15 is 0 Å². The number of aromatic carboxylic acids is 1. The van der Waals surface area contributed by atoms with Gasteiger partial charge in [0.25, 0.3) is 0 Å². The van der Waals surface area contributed by atoms with Crippen LogP contribution in [0.25, 0.3) is 0 Å². The van der Waals surface area contributed by atoms with Crippen molar-refractivity contribution in [3.05, 3.63) is 30.1 Å². The minimum atomic E-state index is -0.942. The van der Waals surface area contributed by atoms with Crippen LogP contribution in [0.3, 0.4) is 0 Å². The quantitative estimate of drug-likeness (QED) is 0.786. The van der Waals surface area contributed by atoms with E-state index in [0.29, 0.717) is 0 Å². The van der Waals surface area contributed by atoms with Gasteiger partial charge in [0.1, 0.15) is 0 Å². The third kappa shape index (κ3) is 4.82. The second kappa shape index (κ2) is 7.26. The van der Waals surface area contributed by atoms with Crippen molar-refractivity contribution in [1.82, 2.24) is 9.88 Å². The summed E-state index contributed by atoms with van der Waals surface area (Å²) in [6.45, 7) is 1.71. The van der Waals surface area contributed by atoms with Crippen LogP contribution in [0.15, 0.2) is 24.5 Å². The topological polar surface area (TPSA) is 96.5 Å². The van der Waals surface area contributed by atoms with E-state index in [2.05, 4.69) is 4.98 Å². The molecule has 1 aliphatic heterocycles. The van der Waals surface area contributed by atoms with Gasteiger partial charge in [-0.3, -0.25) is 4.98 Å². The first kappa shape index (κ1) is 14.0. The fourth-order valence-electron chi connectivity index (χ4n) is 1.60. The van der Waals surface area contributed by atoms with E-state index in [9.17, 15) is 9.59 Å². The van der Waals surface area contributed by atoms with Gasteiger partial charge in [0, 0.05) is 25.5 Å². The molecule has 1 aromatic rings. The Morgan fingerprint density at radius 3 is 2.28 bits per heavy atom. The number of carboxylic acids is 1. The molecule has 18 heavy (non-hydrogen) atoms. The van der Waals surface area contributed by atoms with Crippen molar-refractivity contribution in [3.8, 4) is 0 Å². The zero-order chi connectivity index (χ0) is 13.4. The van der Waals surface area contributed by atoms with E-state index in [1.54, 1.807) is 11.0 Å². The van der Waals surface area contributed by atoms with Crippen molar-refractivity contribution < 1.29 is 14.7 Å². The Morgan fingerprint density at radius 2 is 1.94 bits per heavy atom. The Labute approximate surface area is 105 Å². The molecular weight excluding hydrogens is 234 g/mol. The molecule has 6 nitrogen and oxygen atoms in total. The summed E-state index contributed by atoms with van der Waals surface area (Å²) >= 11 is 0. The minimum Gasteiger partial charge on any atom is -0.478 e. The van der Waals surface area contributed by atoms with Crippen LogP contribution in [0, 0.1) is 0 Å². The number of carbonyl (C=O) groups excluding carboxylic acids is 1. The van der Waals surface area contributed by atoms with E-state index in [4.69, 9.17) is 10.8 Å².